The Kier molecular flexibility index (Phi) is 3.24. The highest BCUT2D eigenvalue weighted by molar-refractivity contribution is 9.10. The van der Waals surface area contributed by atoms with Crippen LogP contribution in [0.4, 0.5) is 0 Å². The molecule has 1 aliphatic heterocycles. The molecule has 1 saturated heterocycles. The van der Waals surface area contributed by atoms with Crippen molar-refractivity contribution in [2.24, 2.45) is 0 Å². The number of hydrogen-bond acceptors (Lipinski definition) is 2. The highest BCUT2D eigenvalue weighted by Crippen LogP contribution is 2.45. The van der Waals surface area contributed by atoms with Gasteiger partial charge in [-0.05, 0) is 31.2 Å². The maximum Gasteiger partial charge on any atom is 0.0175 e. The maximum atomic E-state index is 3.50. The molecule has 2 unspecified atom stereocenters. The highest BCUT2D eigenvalue weighted by atomic mass is 79.9. The van der Waals surface area contributed by atoms with Crippen LogP contribution in [0.15, 0.2) is 28.7 Å². The van der Waals surface area contributed by atoms with Gasteiger partial charge in [0.1, 0.15) is 0 Å². The van der Waals surface area contributed by atoms with E-state index in [0.717, 1.165) is 12.0 Å². The second-order valence-electron chi connectivity index (χ2n) is 5.30. The zero-order valence-electron chi connectivity index (χ0n) is 10.3. The Bertz CT molecular complexity index is 382. The minimum atomic E-state index is 0.784. The third kappa shape index (κ3) is 2.56. The van der Waals surface area contributed by atoms with Gasteiger partial charge in [-0.15, -0.1) is 0 Å². The van der Waals surface area contributed by atoms with Crippen LogP contribution < -0.4 is 0 Å². The van der Waals surface area contributed by atoms with Crippen molar-refractivity contribution in [3.05, 3.63) is 34.3 Å². The average molecular weight is 295 g/mol. The predicted octanol–water partition coefficient (Wildman–Crippen LogP) is 2.55. The number of nitrogens with zero attached hydrogens (tertiary/aromatic N) is 2. The van der Waals surface area contributed by atoms with E-state index >= 15 is 0 Å². The minimum Gasteiger partial charge on any atom is -0.304 e. The Morgan fingerprint density at radius 1 is 1.06 bits per heavy atom. The average Bonchev–Trinajstić information content (AvgIpc) is 3.11. The van der Waals surface area contributed by atoms with Gasteiger partial charge in [-0.1, -0.05) is 28.1 Å². The van der Waals surface area contributed by atoms with E-state index in [9.17, 15) is 0 Å². The minimum absolute atomic E-state index is 0.784. The predicted molar refractivity (Wildman–Crippen MR) is 74.4 cm³/mol. The third-order valence-electron chi connectivity index (χ3n) is 4.06. The molecule has 1 aromatic carbocycles. The van der Waals surface area contributed by atoms with Crippen LogP contribution in [0, 0.1) is 0 Å². The topological polar surface area (TPSA) is 6.48 Å². The molecular weight excluding hydrogens is 276 g/mol. The highest BCUT2D eigenvalue weighted by Gasteiger charge is 2.42. The van der Waals surface area contributed by atoms with Crippen LogP contribution in [0.5, 0.6) is 0 Å². The van der Waals surface area contributed by atoms with Crippen molar-refractivity contribution in [2.75, 3.05) is 33.2 Å². The molecule has 17 heavy (non-hydrogen) atoms. The van der Waals surface area contributed by atoms with Gasteiger partial charge in [0, 0.05) is 42.6 Å². The van der Waals surface area contributed by atoms with E-state index in [0.29, 0.717) is 0 Å². The first-order chi connectivity index (χ1) is 8.24. The summed E-state index contributed by atoms with van der Waals surface area (Å²) in [6, 6.07) is 9.67. The van der Waals surface area contributed by atoms with E-state index in [4.69, 9.17) is 0 Å². The summed E-state index contributed by atoms with van der Waals surface area (Å²) >= 11 is 3.50. The zero-order valence-corrected chi connectivity index (χ0v) is 11.9. The van der Waals surface area contributed by atoms with Crippen LogP contribution in [0.25, 0.3) is 0 Å². The molecular formula is C14H19BrN2. The fraction of sp³-hybridized carbons (Fsp3) is 0.571. The van der Waals surface area contributed by atoms with Crippen molar-refractivity contribution in [2.45, 2.75) is 18.4 Å². The summed E-state index contributed by atoms with van der Waals surface area (Å²) in [6.07, 6.45) is 1.35. The maximum absolute atomic E-state index is 3.50. The number of rotatable bonds is 2. The number of halogens is 1. The number of hydrogen-bond donors (Lipinski definition) is 0. The third-order valence-corrected chi connectivity index (χ3v) is 4.59. The lowest BCUT2D eigenvalue weighted by Gasteiger charge is -2.32. The van der Waals surface area contributed by atoms with Crippen LogP contribution in [-0.2, 0) is 0 Å². The fourth-order valence-electron chi connectivity index (χ4n) is 2.81. The van der Waals surface area contributed by atoms with Crippen molar-refractivity contribution >= 4 is 15.9 Å². The molecule has 3 rings (SSSR count). The van der Waals surface area contributed by atoms with Crippen molar-refractivity contribution in [3.63, 3.8) is 0 Å². The van der Waals surface area contributed by atoms with Gasteiger partial charge in [-0.2, -0.15) is 0 Å². The molecule has 0 spiro atoms. The van der Waals surface area contributed by atoms with Crippen LogP contribution in [-0.4, -0.2) is 49.1 Å². The Hall–Kier alpha value is -0.380. The molecule has 3 heteroatoms. The van der Waals surface area contributed by atoms with Gasteiger partial charge >= 0.3 is 0 Å². The van der Waals surface area contributed by atoms with E-state index in [-0.39, 0.29) is 0 Å². The van der Waals surface area contributed by atoms with Gasteiger partial charge in [0.2, 0.25) is 0 Å². The van der Waals surface area contributed by atoms with Crippen molar-refractivity contribution in [3.8, 4) is 0 Å². The van der Waals surface area contributed by atoms with Crippen LogP contribution in [0.3, 0.4) is 0 Å². The summed E-state index contributed by atoms with van der Waals surface area (Å²) in [5, 5.41) is 0. The van der Waals surface area contributed by atoms with Gasteiger partial charge in [0.15, 0.2) is 0 Å². The molecule has 1 saturated carbocycles. The second kappa shape index (κ2) is 4.71. The van der Waals surface area contributed by atoms with Gasteiger partial charge in [0.05, 0.1) is 0 Å². The van der Waals surface area contributed by atoms with Crippen molar-refractivity contribution < 1.29 is 0 Å². The lowest BCUT2D eigenvalue weighted by Crippen LogP contribution is -2.45. The molecule has 2 atom stereocenters. The molecule has 0 aromatic heterocycles. The van der Waals surface area contributed by atoms with Crippen molar-refractivity contribution in [1.82, 2.24) is 9.80 Å². The lowest BCUT2D eigenvalue weighted by atomic mass is 10.1. The molecule has 2 nitrogen and oxygen atoms in total. The Morgan fingerprint density at radius 2 is 1.71 bits per heavy atom. The molecule has 1 aliphatic carbocycles. The number of likely N-dealkylation sites (N-methyl/N-ethyl adjacent to an activating group) is 1. The SMILES string of the molecule is CN1CCN(C2CC2c2ccc(Br)cc2)CC1. The number of benzene rings is 1. The standard InChI is InChI=1S/C14H19BrN2/c1-16-6-8-17(9-7-16)14-10-13(14)11-2-4-12(15)5-3-11/h2-5,13-14H,6-10H2,1H3. The monoisotopic (exact) mass is 294 g/mol. The van der Waals surface area contributed by atoms with E-state index in [2.05, 4.69) is 57.0 Å². The van der Waals surface area contributed by atoms with E-state index in [1.807, 2.05) is 0 Å². The smallest absolute Gasteiger partial charge is 0.0175 e. The number of piperazine rings is 1. The molecule has 1 aromatic rings. The van der Waals surface area contributed by atoms with E-state index in [1.165, 1.54) is 42.6 Å². The van der Waals surface area contributed by atoms with Crippen LogP contribution in [0.2, 0.25) is 0 Å². The van der Waals surface area contributed by atoms with E-state index < -0.39 is 0 Å². The summed E-state index contributed by atoms with van der Waals surface area (Å²) < 4.78 is 1.18. The zero-order chi connectivity index (χ0) is 11.8. The van der Waals surface area contributed by atoms with Gasteiger partial charge in [-0.3, -0.25) is 4.90 Å². The molecule has 2 aliphatic rings. The van der Waals surface area contributed by atoms with Crippen molar-refractivity contribution in [1.29, 1.82) is 0 Å². The normalized spacial score (nSPS) is 30.5. The second-order valence-corrected chi connectivity index (χ2v) is 6.22. The van der Waals surface area contributed by atoms with Gasteiger partial charge in [-0.25, -0.2) is 0 Å². The van der Waals surface area contributed by atoms with Gasteiger partial charge in [0.25, 0.3) is 0 Å². The molecule has 0 amide bonds. The summed E-state index contributed by atoms with van der Waals surface area (Å²) in [5.74, 6) is 0.784. The largest absolute Gasteiger partial charge is 0.304 e. The molecule has 1 heterocycles. The molecule has 0 N–H and O–H groups in total. The fourth-order valence-corrected chi connectivity index (χ4v) is 3.07. The van der Waals surface area contributed by atoms with Crippen LogP contribution >= 0.6 is 15.9 Å². The molecule has 0 radical (unpaired) electrons. The first-order valence-electron chi connectivity index (χ1n) is 6.42. The Labute approximate surface area is 112 Å². The quantitative estimate of drug-likeness (QED) is 0.827. The Balaban J connectivity index is 1.61. The summed E-state index contributed by atoms with van der Waals surface area (Å²) in [5.41, 5.74) is 1.51. The molecule has 0 bridgehead atoms. The first kappa shape index (κ1) is 11.7. The summed E-state index contributed by atoms with van der Waals surface area (Å²) in [6.45, 7) is 4.94. The molecule has 2 fully saturated rings. The molecule has 92 valence electrons. The Morgan fingerprint density at radius 3 is 2.35 bits per heavy atom. The summed E-state index contributed by atoms with van der Waals surface area (Å²) in [7, 11) is 2.22. The lowest BCUT2D eigenvalue weighted by molar-refractivity contribution is 0.145. The van der Waals surface area contributed by atoms with E-state index in [1.54, 1.807) is 0 Å². The summed E-state index contributed by atoms with van der Waals surface area (Å²) in [4.78, 5) is 5.10. The van der Waals surface area contributed by atoms with Crippen LogP contribution in [0.1, 0.15) is 17.9 Å². The first-order valence-corrected chi connectivity index (χ1v) is 7.21. The van der Waals surface area contributed by atoms with Gasteiger partial charge < -0.3 is 4.90 Å².